The third-order valence-electron chi connectivity index (χ3n) is 6.77. The Bertz CT molecular complexity index is 992. The number of β-amino-alcohol motifs (C(OH)–C–C–N with tert-alkyl or cyclic N) is 1. The van der Waals surface area contributed by atoms with Crippen LogP contribution in [0.5, 0.6) is 11.5 Å². The minimum Gasteiger partial charge on any atom is -0.497 e. The predicted molar refractivity (Wildman–Crippen MR) is 143 cm³/mol. The van der Waals surface area contributed by atoms with Gasteiger partial charge in [0.2, 0.25) is 0 Å². The van der Waals surface area contributed by atoms with Crippen LogP contribution >= 0.6 is 23.2 Å². The number of methoxy groups -OCH3 is 1. The maximum absolute atomic E-state index is 12.8. The molecule has 0 unspecified atom stereocenters. The van der Waals surface area contributed by atoms with E-state index in [0.717, 1.165) is 25.0 Å². The SMILES string of the molecule is CCC(CC)(Cc1ccc(OC)cc1)NC[C@@H](O)COc1ccc(C(=O)N2CCOCC2)c(Cl)c1Cl. The number of morpholine rings is 1. The van der Waals surface area contributed by atoms with Gasteiger partial charge >= 0.3 is 0 Å². The van der Waals surface area contributed by atoms with Crippen LogP contribution in [0.15, 0.2) is 36.4 Å². The third-order valence-corrected chi connectivity index (χ3v) is 7.64. The third kappa shape index (κ3) is 7.26. The van der Waals surface area contributed by atoms with Crippen LogP contribution in [0.1, 0.15) is 42.6 Å². The van der Waals surface area contributed by atoms with Crippen molar-refractivity contribution in [1.82, 2.24) is 10.2 Å². The minimum absolute atomic E-state index is 0.0336. The Kier molecular flexibility index (Phi) is 10.7. The zero-order valence-corrected chi connectivity index (χ0v) is 22.7. The number of nitrogens with zero attached hydrogens (tertiary/aromatic N) is 1. The van der Waals surface area contributed by atoms with Crippen LogP contribution < -0.4 is 14.8 Å². The highest BCUT2D eigenvalue weighted by Crippen LogP contribution is 2.35. The second kappa shape index (κ2) is 13.5. The molecule has 1 amide bonds. The minimum atomic E-state index is -0.761. The molecule has 2 aromatic rings. The number of halogens is 2. The van der Waals surface area contributed by atoms with Gasteiger partial charge in [-0.3, -0.25) is 4.79 Å². The number of rotatable bonds is 12. The second-order valence-electron chi connectivity index (χ2n) is 9.00. The lowest BCUT2D eigenvalue weighted by atomic mass is 9.85. The van der Waals surface area contributed by atoms with Crippen LogP contribution in [0.3, 0.4) is 0 Å². The summed E-state index contributed by atoms with van der Waals surface area (Å²) >= 11 is 12.8. The summed E-state index contributed by atoms with van der Waals surface area (Å²) in [5.74, 6) is 0.971. The Hall–Kier alpha value is -2.03. The quantitative estimate of drug-likeness (QED) is 0.411. The molecule has 0 aliphatic carbocycles. The highest BCUT2D eigenvalue weighted by atomic mass is 35.5. The van der Waals surface area contributed by atoms with Crippen molar-refractivity contribution < 1.29 is 24.1 Å². The summed E-state index contributed by atoms with van der Waals surface area (Å²) in [7, 11) is 1.66. The molecule has 0 radical (unpaired) electrons. The van der Waals surface area contributed by atoms with Gasteiger partial charge in [-0.15, -0.1) is 0 Å². The van der Waals surface area contributed by atoms with Crippen LogP contribution in [0, 0.1) is 0 Å². The van der Waals surface area contributed by atoms with E-state index in [1.54, 1.807) is 24.1 Å². The average molecular weight is 540 g/mol. The van der Waals surface area contributed by atoms with E-state index in [1.807, 2.05) is 12.1 Å². The van der Waals surface area contributed by atoms with Crippen molar-refractivity contribution in [1.29, 1.82) is 0 Å². The van der Waals surface area contributed by atoms with Crippen LogP contribution in [-0.2, 0) is 11.2 Å². The summed E-state index contributed by atoms with van der Waals surface area (Å²) < 4.78 is 16.3. The molecule has 3 rings (SSSR count). The number of amides is 1. The summed E-state index contributed by atoms with van der Waals surface area (Å²) in [6.45, 7) is 6.71. The Morgan fingerprint density at radius 1 is 1.11 bits per heavy atom. The van der Waals surface area contributed by atoms with Gasteiger partial charge in [-0.1, -0.05) is 49.2 Å². The van der Waals surface area contributed by atoms with E-state index in [0.29, 0.717) is 44.2 Å². The normalized spacial score (nSPS) is 15.0. The smallest absolute Gasteiger partial charge is 0.255 e. The number of nitrogens with one attached hydrogen (secondary N) is 1. The van der Waals surface area contributed by atoms with Crippen LogP contribution in [0.25, 0.3) is 0 Å². The number of aliphatic hydroxyl groups is 1. The molecule has 1 aliphatic heterocycles. The molecule has 0 spiro atoms. The highest BCUT2D eigenvalue weighted by Gasteiger charge is 2.27. The van der Waals surface area contributed by atoms with Crippen molar-refractivity contribution in [2.75, 3.05) is 46.6 Å². The lowest BCUT2D eigenvalue weighted by Gasteiger charge is -2.34. The van der Waals surface area contributed by atoms with Crippen molar-refractivity contribution in [2.24, 2.45) is 0 Å². The van der Waals surface area contributed by atoms with E-state index < -0.39 is 6.10 Å². The maximum Gasteiger partial charge on any atom is 0.255 e. The number of ether oxygens (including phenoxy) is 3. The van der Waals surface area contributed by atoms with E-state index in [9.17, 15) is 9.90 Å². The van der Waals surface area contributed by atoms with Gasteiger partial charge in [0.1, 0.15) is 29.2 Å². The van der Waals surface area contributed by atoms with Gasteiger partial charge in [0, 0.05) is 25.2 Å². The van der Waals surface area contributed by atoms with E-state index in [1.165, 1.54) is 5.56 Å². The van der Waals surface area contributed by atoms with Gasteiger partial charge in [-0.2, -0.15) is 0 Å². The number of aliphatic hydroxyl groups excluding tert-OH is 1. The first-order valence-corrected chi connectivity index (χ1v) is 13.1. The van der Waals surface area contributed by atoms with Crippen LogP contribution in [-0.4, -0.2) is 74.1 Å². The molecular weight excluding hydrogens is 503 g/mol. The number of carbonyl (C=O) groups is 1. The van der Waals surface area contributed by atoms with Gasteiger partial charge in [-0.05, 0) is 49.1 Å². The highest BCUT2D eigenvalue weighted by molar-refractivity contribution is 6.44. The van der Waals surface area contributed by atoms with Crippen LogP contribution in [0.2, 0.25) is 10.0 Å². The van der Waals surface area contributed by atoms with Crippen molar-refractivity contribution >= 4 is 29.1 Å². The molecule has 0 bridgehead atoms. The van der Waals surface area contributed by atoms with Crippen molar-refractivity contribution in [3.8, 4) is 11.5 Å². The summed E-state index contributed by atoms with van der Waals surface area (Å²) in [4.78, 5) is 14.5. The molecule has 36 heavy (non-hydrogen) atoms. The average Bonchev–Trinajstić information content (AvgIpc) is 2.92. The molecule has 198 valence electrons. The van der Waals surface area contributed by atoms with Gasteiger partial charge in [-0.25, -0.2) is 0 Å². The molecule has 0 aromatic heterocycles. The van der Waals surface area contributed by atoms with Gasteiger partial charge in [0.25, 0.3) is 5.91 Å². The maximum atomic E-state index is 12.8. The Labute approximate surface area is 223 Å². The summed E-state index contributed by atoms with van der Waals surface area (Å²) in [6, 6.07) is 11.3. The molecule has 1 fully saturated rings. The molecule has 1 saturated heterocycles. The first kappa shape index (κ1) is 28.5. The Balaban J connectivity index is 1.56. The molecule has 1 aliphatic rings. The Morgan fingerprint density at radius 2 is 1.78 bits per heavy atom. The van der Waals surface area contributed by atoms with E-state index in [4.69, 9.17) is 37.4 Å². The summed E-state index contributed by atoms with van der Waals surface area (Å²) in [5.41, 5.74) is 1.37. The van der Waals surface area contributed by atoms with Gasteiger partial charge in [0.15, 0.2) is 0 Å². The summed E-state index contributed by atoms with van der Waals surface area (Å²) in [5, 5.41) is 14.5. The molecule has 9 heteroatoms. The number of carbonyl (C=O) groups excluding carboxylic acids is 1. The fourth-order valence-electron chi connectivity index (χ4n) is 4.27. The van der Waals surface area contributed by atoms with Crippen molar-refractivity contribution in [2.45, 2.75) is 44.8 Å². The van der Waals surface area contributed by atoms with E-state index in [-0.39, 0.29) is 28.1 Å². The lowest BCUT2D eigenvalue weighted by molar-refractivity contribution is 0.0303. The number of hydrogen-bond donors (Lipinski definition) is 2. The predicted octanol–water partition coefficient (Wildman–Crippen LogP) is 4.61. The van der Waals surface area contributed by atoms with Crippen molar-refractivity contribution in [3.05, 3.63) is 57.6 Å². The van der Waals surface area contributed by atoms with Crippen LogP contribution in [0.4, 0.5) is 0 Å². The largest absolute Gasteiger partial charge is 0.497 e. The first-order valence-electron chi connectivity index (χ1n) is 12.4. The fourth-order valence-corrected chi connectivity index (χ4v) is 4.73. The fraction of sp³-hybridized carbons (Fsp3) is 0.519. The standard InChI is InChI=1S/C27H36Cl2N2O5/c1-4-27(5-2,16-19-6-8-21(34-3)9-7-19)30-17-20(32)18-36-23-11-10-22(24(28)25(23)29)26(33)31-12-14-35-15-13-31/h6-11,20,30,32H,4-5,12-18H2,1-3H3/t20-/m1/s1. The van der Waals surface area contributed by atoms with E-state index in [2.05, 4.69) is 31.3 Å². The molecule has 1 heterocycles. The topological polar surface area (TPSA) is 80.3 Å². The summed E-state index contributed by atoms with van der Waals surface area (Å²) in [6.07, 6.45) is 1.88. The molecule has 2 aromatic carbocycles. The monoisotopic (exact) mass is 538 g/mol. The second-order valence-corrected chi connectivity index (χ2v) is 9.76. The molecule has 0 saturated carbocycles. The number of benzene rings is 2. The first-order chi connectivity index (χ1) is 17.3. The molecule has 7 nitrogen and oxygen atoms in total. The lowest BCUT2D eigenvalue weighted by Crippen LogP contribution is -2.49. The Morgan fingerprint density at radius 3 is 2.39 bits per heavy atom. The number of hydrogen-bond acceptors (Lipinski definition) is 6. The van der Waals surface area contributed by atoms with Gasteiger partial charge in [0.05, 0.1) is 30.9 Å². The molecule has 1 atom stereocenters. The van der Waals surface area contributed by atoms with Gasteiger partial charge < -0.3 is 29.5 Å². The van der Waals surface area contributed by atoms with E-state index >= 15 is 0 Å². The molecular formula is C27H36Cl2N2O5. The zero-order valence-electron chi connectivity index (χ0n) is 21.2. The molecule has 2 N–H and O–H groups in total. The zero-order chi connectivity index (χ0) is 26.1. The van der Waals surface area contributed by atoms with Crippen molar-refractivity contribution in [3.63, 3.8) is 0 Å².